The number of benzene rings is 2. The van der Waals surface area contributed by atoms with Crippen LogP contribution in [0.1, 0.15) is 18.9 Å². The van der Waals surface area contributed by atoms with Crippen molar-refractivity contribution in [2.75, 3.05) is 11.4 Å². The largest absolute Gasteiger partial charge is 0.368 e. The summed E-state index contributed by atoms with van der Waals surface area (Å²) in [5.74, 6) is 0.635. The molecule has 1 heteroatoms. The third kappa shape index (κ3) is 2.77. The normalized spacial score (nSPS) is 22.6. The van der Waals surface area contributed by atoms with E-state index < -0.39 is 0 Å². The van der Waals surface area contributed by atoms with Crippen molar-refractivity contribution >= 4 is 11.8 Å². The fraction of sp³-hybridized carbons (Fsp3) is 0.263. The lowest BCUT2D eigenvalue weighted by Gasteiger charge is -2.25. The lowest BCUT2D eigenvalue weighted by Crippen LogP contribution is -2.29. The number of anilines is 1. The van der Waals surface area contributed by atoms with E-state index in [-0.39, 0.29) is 0 Å². The van der Waals surface area contributed by atoms with Gasteiger partial charge in [0, 0.05) is 18.3 Å². The van der Waals surface area contributed by atoms with Crippen LogP contribution in [0.2, 0.25) is 0 Å². The van der Waals surface area contributed by atoms with Gasteiger partial charge in [-0.3, -0.25) is 0 Å². The molecule has 0 radical (unpaired) electrons. The lowest BCUT2D eigenvalue weighted by molar-refractivity contribution is 0.605. The lowest BCUT2D eigenvalue weighted by atomic mass is 10.00. The Morgan fingerprint density at radius 2 is 1.60 bits per heavy atom. The molecule has 102 valence electrons. The predicted molar refractivity (Wildman–Crippen MR) is 86.8 cm³/mol. The molecular weight excluding hydrogens is 242 g/mol. The first-order valence-electron chi connectivity index (χ1n) is 7.39. The van der Waals surface area contributed by atoms with Gasteiger partial charge in [-0.1, -0.05) is 60.7 Å². The average Bonchev–Trinajstić information content (AvgIpc) is 2.88. The van der Waals surface area contributed by atoms with Gasteiger partial charge in [-0.15, -0.1) is 0 Å². The van der Waals surface area contributed by atoms with E-state index in [2.05, 4.69) is 84.6 Å². The maximum absolute atomic E-state index is 2.51. The van der Waals surface area contributed by atoms with E-state index >= 15 is 0 Å². The fourth-order valence-electron chi connectivity index (χ4n) is 3.00. The summed E-state index contributed by atoms with van der Waals surface area (Å²) in [7, 11) is 0. The first kappa shape index (κ1) is 13.0. The third-order valence-electron chi connectivity index (χ3n) is 4.24. The van der Waals surface area contributed by atoms with Gasteiger partial charge >= 0.3 is 0 Å². The van der Waals surface area contributed by atoms with Crippen LogP contribution in [-0.4, -0.2) is 12.6 Å². The highest BCUT2D eigenvalue weighted by Gasteiger charge is 2.28. The van der Waals surface area contributed by atoms with Crippen molar-refractivity contribution in [2.24, 2.45) is 5.92 Å². The summed E-state index contributed by atoms with van der Waals surface area (Å²) in [6.45, 7) is 3.48. The highest BCUT2D eigenvalue weighted by Crippen LogP contribution is 2.30. The fourth-order valence-corrected chi connectivity index (χ4v) is 3.00. The molecule has 1 nitrogen and oxygen atoms in total. The van der Waals surface area contributed by atoms with Crippen LogP contribution in [-0.2, 0) is 0 Å². The zero-order valence-corrected chi connectivity index (χ0v) is 11.9. The first-order chi connectivity index (χ1) is 9.84. The van der Waals surface area contributed by atoms with Gasteiger partial charge in [0.15, 0.2) is 0 Å². The van der Waals surface area contributed by atoms with E-state index in [1.165, 1.54) is 17.7 Å². The summed E-state index contributed by atoms with van der Waals surface area (Å²) in [5, 5.41) is 0. The summed E-state index contributed by atoms with van der Waals surface area (Å²) in [6, 6.07) is 21.9. The van der Waals surface area contributed by atoms with E-state index in [0.29, 0.717) is 12.0 Å². The minimum absolute atomic E-state index is 0.567. The summed E-state index contributed by atoms with van der Waals surface area (Å²) >= 11 is 0. The van der Waals surface area contributed by atoms with Gasteiger partial charge in [0.2, 0.25) is 0 Å². The van der Waals surface area contributed by atoms with Crippen LogP contribution < -0.4 is 4.90 Å². The standard InChI is InChI=1S/C19H21N/c1-16-18(13-12-17-8-4-2-5-9-17)14-15-20(16)19-10-6-3-7-11-19/h2-13,16,18H,14-15H2,1H3/b13-12+/t16-,18+/m0/s1. The Morgan fingerprint density at radius 3 is 2.30 bits per heavy atom. The van der Waals surface area contributed by atoms with Crippen molar-refractivity contribution in [3.63, 3.8) is 0 Å². The average molecular weight is 263 g/mol. The minimum Gasteiger partial charge on any atom is -0.368 e. The Bertz CT molecular complexity index is 559. The van der Waals surface area contributed by atoms with Crippen molar-refractivity contribution in [2.45, 2.75) is 19.4 Å². The maximum Gasteiger partial charge on any atom is 0.0368 e. The SMILES string of the molecule is C[C@H]1[C@H](/C=C/c2ccccc2)CCN1c1ccccc1. The summed E-state index contributed by atoms with van der Waals surface area (Å²) in [5.41, 5.74) is 2.63. The molecule has 0 spiro atoms. The molecule has 0 aromatic heterocycles. The molecule has 2 aromatic rings. The molecule has 1 saturated heterocycles. The van der Waals surface area contributed by atoms with E-state index in [9.17, 15) is 0 Å². The maximum atomic E-state index is 2.51. The van der Waals surface area contributed by atoms with Gasteiger partial charge in [0.05, 0.1) is 0 Å². The topological polar surface area (TPSA) is 3.24 Å². The van der Waals surface area contributed by atoms with Crippen LogP contribution in [0.25, 0.3) is 6.08 Å². The summed E-state index contributed by atoms with van der Waals surface area (Å²) in [6.07, 6.45) is 5.87. The van der Waals surface area contributed by atoms with Crippen LogP contribution in [0.3, 0.4) is 0 Å². The molecule has 0 N–H and O–H groups in total. The van der Waals surface area contributed by atoms with Crippen LogP contribution >= 0.6 is 0 Å². The molecule has 0 bridgehead atoms. The van der Waals surface area contributed by atoms with Gasteiger partial charge in [0.1, 0.15) is 0 Å². The van der Waals surface area contributed by atoms with E-state index in [0.717, 1.165) is 6.54 Å². The Balaban J connectivity index is 1.70. The van der Waals surface area contributed by atoms with Crippen LogP contribution in [0.4, 0.5) is 5.69 Å². The molecule has 20 heavy (non-hydrogen) atoms. The molecule has 0 amide bonds. The second kappa shape index (κ2) is 5.96. The van der Waals surface area contributed by atoms with Crippen molar-refractivity contribution in [3.05, 3.63) is 72.3 Å². The van der Waals surface area contributed by atoms with E-state index in [1.807, 2.05) is 0 Å². The van der Waals surface area contributed by atoms with Gasteiger partial charge < -0.3 is 4.90 Å². The Kier molecular flexibility index (Phi) is 3.87. The van der Waals surface area contributed by atoms with Gasteiger partial charge in [-0.05, 0) is 37.0 Å². The number of rotatable bonds is 3. The number of hydrogen-bond donors (Lipinski definition) is 0. The van der Waals surface area contributed by atoms with Crippen LogP contribution in [0, 0.1) is 5.92 Å². The molecule has 1 aliphatic heterocycles. The second-order valence-electron chi connectivity index (χ2n) is 5.49. The number of para-hydroxylation sites is 1. The summed E-state index contributed by atoms with van der Waals surface area (Å²) in [4.78, 5) is 2.51. The van der Waals surface area contributed by atoms with E-state index in [4.69, 9.17) is 0 Å². The zero-order chi connectivity index (χ0) is 13.8. The molecule has 2 aromatic carbocycles. The van der Waals surface area contributed by atoms with E-state index in [1.54, 1.807) is 0 Å². The van der Waals surface area contributed by atoms with Crippen molar-refractivity contribution in [1.29, 1.82) is 0 Å². The van der Waals surface area contributed by atoms with Crippen molar-refractivity contribution in [3.8, 4) is 0 Å². The Labute approximate surface area is 121 Å². The van der Waals surface area contributed by atoms with Gasteiger partial charge in [0.25, 0.3) is 0 Å². The zero-order valence-electron chi connectivity index (χ0n) is 11.9. The molecule has 2 atom stereocenters. The molecule has 1 fully saturated rings. The van der Waals surface area contributed by atoms with Gasteiger partial charge in [-0.2, -0.15) is 0 Å². The Morgan fingerprint density at radius 1 is 0.950 bits per heavy atom. The second-order valence-corrected chi connectivity index (χ2v) is 5.49. The number of nitrogens with zero attached hydrogens (tertiary/aromatic N) is 1. The first-order valence-corrected chi connectivity index (χ1v) is 7.39. The monoisotopic (exact) mass is 263 g/mol. The molecule has 0 saturated carbocycles. The van der Waals surface area contributed by atoms with Crippen molar-refractivity contribution < 1.29 is 0 Å². The quantitative estimate of drug-likeness (QED) is 0.781. The third-order valence-corrected chi connectivity index (χ3v) is 4.24. The summed E-state index contributed by atoms with van der Waals surface area (Å²) < 4.78 is 0. The molecule has 3 rings (SSSR count). The number of hydrogen-bond acceptors (Lipinski definition) is 1. The Hall–Kier alpha value is -2.02. The highest BCUT2D eigenvalue weighted by molar-refractivity contribution is 5.52. The minimum atomic E-state index is 0.567. The van der Waals surface area contributed by atoms with Crippen molar-refractivity contribution in [1.82, 2.24) is 0 Å². The smallest absolute Gasteiger partial charge is 0.0368 e. The predicted octanol–water partition coefficient (Wildman–Crippen LogP) is 4.61. The molecular formula is C19H21N. The van der Waals surface area contributed by atoms with Gasteiger partial charge in [-0.25, -0.2) is 0 Å². The highest BCUT2D eigenvalue weighted by atomic mass is 15.2. The molecule has 1 heterocycles. The van der Waals surface area contributed by atoms with Crippen LogP contribution in [0.15, 0.2) is 66.7 Å². The molecule has 1 aliphatic rings. The molecule has 0 aliphatic carbocycles. The van der Waals surface area contributed by atoms with Crippen LogP contribution in [0.5, 0.6) is 0 Å². The molecule has 0 unspecified atom stereocenters.